The summed E-state index contributed by atoms with van der Waals surface area (Å²) in [7, 11) is 0. The van der Waals surface area contributed by atoms with Crippen LogP contribution in [0.15, 0.2) is 23.3 Å². The van der Waals surface area contributed by atoms with Crippen LogP contribution in [0.4, 0.5) is 5.82 Å². The van der Waals surface area contributed by atoms with E-state index in [1.54, 1.807) is 0 Å². The van der Waals surface area contributed by atoms with E-state index >= 15 is 0 Å². The SMILES string of the molecule is CCNC(=NCC(CC)CC)NC1CCN(c2ccc(C)cn2)CC1.I. The van der Waals surface area contributed by atoms with E-state index in [-0.39, 0.29) is 24.0 Å². The van der Waals surface area contributed by atoms with Gasteiger partial charge in [0.05, 0.1) is 0 Å². The minimum absolute atomic E-state index is 0. The third kappa shape index (κ3) is 7.29. The molecule has 0 atom stereocenters. The highest BCUT2D eigenvalue weighted by Crippen LogP contribution is 2.18. The second-order valence-corrected chi connectivity index (χ2v) is 7.00. The van der Waals surface area contributed by atoms with E-state index in [4.69, 9.17) is 4.99 Å². The van der Waals surface area contributed by atoms with Gasteiger partial charge in [0.25, 0.3) is 0 Å². The molecule has 26 heavy (non-hydrogen) atoms. The van der Waals surface area contributed by atoms with Crippen molar-refractivity contribution in [1.29, 1.82) is 0 Å². The van der Waals surface area contributed by atoms with Crippen LogP contribution in [0, 0.1) is 12.8 Å². The predicted octanol–water partition coefficient (Wildman–Crippen LogP) is 3.97. The molecule has 0 aromatic carbocycles. The summed E-state index contributed by atoms with van der Waals surface area (Å²) in [6, 6.07) is 4.76. The number of pyridine rings is 1. The first-order chi connectivity index (χ1) is 12.2. The van der Waals surface area contributed by atoms with Crippen molar-refractivity contribution >= 4 is 35.8 Å². The Hall–Kier alpha value is -1.05. The van der Waals surface area contributed by atoms with Crippen molar-refractivity contribution in [1.82, 2.24) is 15.6 Å². The molecule has 0 spiro atoms. The van der Waals surface area contributed by atoms with Crippen LogP contribution in [0.3, 0.4) is 0 Å². The predicted molar refractivity (Wildman–Crippen MR) is 123 cm³/mol. The van der Waals surface area contributed by atoms with Gasteiger partial charge in [0.15, 0.2) is 5.96 Å². The number of aliphatic imine (C=N–C) groups is 1. The zero-order valence-electron chi connectivity index (χ0n) is 16.8. The lowest BCUT2D eigenvalue weighted by Crippen LogP contribution is -2.49. The fourth-order valence-corrected chi connectivity index (χ4v) is 3.18. The summed E-state index contributed by atoms with van der Waals surface area (Å²) in [5, 5.41) is 7.03. The Balaban J connectivity index is 0.00000338. The molecule has 0 unspecified atom stereocenters. The second kappa shape index (κ2) is 12.4. The number of aromatic nitrogens is 1. The quantitative estimate of drug-likeness (QED) is 0.358. The molecule has 1 fully saturated rings. The van der Waals surface area contributed by atoms with Gasteiger partial charge in [-0.1, -0.05) is 32.8 Å². The molecule has 0 radical (unpaired) electrons. The summed E-state index contributed by atoms with van der Waals surface area (Å²) >= 11 is 0. The third-order valence-electron chi connectivity index (χ3n) is 5.06. The van der Waals surface area contributed by atoms with E-state index in [2.05, 4.69) is 60.3 Å². The van der Waals surface area contributed by atoms with Crippen LogP contribution >= 0.6 is 24.0 Å². The highest BCUT2D eigenvalue weighted by atomic mass is 127. The van der Waals surface area contributed by atoms with Gasteiger partial charge in [-0.05, 0) is 44.2 Å². The molecule has 0 amide bonds. The highest BCUT2D eigenvalue weighted by Gasteiger charge is 2.20. The summed E-state index contributed by atoms with van der Waals surface area (Å²) in [4.78, 5) is 11.7. The average Bonchev–Trinajstić information content (AvgIpc) is 2.64. The summed E-state index contributed by atoms with van der Waals surface area (Å²) in [6.07, 6.45) is 6.58. The number of halogens is 1. The molecule has 0 bridgehead atoms. The smallest absolute Gasteiger partial charge is 0.191 e. The monoisotopic (exact) mass is 473 g/mol. The zero-order chi connectivity index (χ0) is 18.1. The number of anilines is 1. The fraction of sp³-hybridized carbons (Fsp3) is 0.700. The molecule has 148 valence electrons. The first-order valence-corrected chi connectivity index (χ1v) is 9.88. The molecule has 1 aromatic heterocycles. The van der Waals surface area contributed by atoms with Gasteiger partial charge in [0, 0.05) is 38.4 Å². The summed E-state index contributed by atoms with van der Waals surface area (Å²) < 4.78 is 0. The Morgan fingerprint density at radius 1 is 1.23 bits per heavy atom. The molecule has 2 heterocycles. The average molecular weight is 473 g/mol. The molecule has 5 nitrogen and oxygen atoms in total. The van der Waals surface area contributed by atoms with Gasteiger partial charge < -0.3 is 15.5 Å². The number of aryl methyl sites for hydroxylation is 1. The zero-order valence-corrected chi connectivity index (χ0v) is 19.1. The fourth-order valence-electron chi connectivity index (χ4n) is 3.18. The minimum Gasteiger partial charge on any atom is -0.357 e. The molecule has 1 saturated heterocycles. The van der Waals surface area contributed by atoms with Crippen LogP contribution in [0.2, 0.25) is 0 Å². The molecule has 0 saturated carbocycles. The number of nitrogens with zero attached hydrogens (tertiary/aromatic N) is 3. The molecular formula is C20H36IN5. The van der Waals surface area contributed by atoms with E-state index in [1.807, 2.05) is 6.20 Å². The Morgan fingerprint density at radius 3 is 2.46 bits per heavy atom. The maximum Gasteiger partial charge on any atom is 0.191 e. The Labute approximate surface area is 176 Å². The van der Waals surface area contributed by atoms with Gasteiger partial charge in [-0.15, -0.1) is 24.0 Å². The lowest BCUT2D eigenvalue weighted by Gasteiger charge is -2.34. The van der Waals surface area contributed by atoms with Gasteiger partial charge in [-0.3, -0.25) is 4.99 Å². The third-order valence-corrected chi connectivity index (χ3v) is 5.06. The van der Waals surface area contributed by atoms with Crippen LogP contribution < -0.4 is 15.5 Å². The first-order valence-electron chi connectivity index (χ1n) is 9.88. The molecule has 6 heteroatoms. The van der Waals surface area contributed by atoms with Gasteiger partial charge in [-0.25, -0.2) is 4.98 Å². The van der Waals surface area contributed by atoms with Crippen molar-refractivity contribution in [3.05, 3.63) is 23.9 Å². The minimum atomic E-state index is 0. The van der Waals surface area contributed by atoms with Crippen molar-refractivity contribution in [2.75, 3.05) is 31.1 Å². The van der Waals surface area contributed by atoms with E-state index in [9.17, 15) is 0 Å². The highest BCUT2D eigenvalue weighted by molar-refractivity contribution is 14.0. The number of guanidine groups is 1. The number of piperidine rings is 1. The maximum absolute atomic E-state index is 4.80. The van der Waals surface area contributed by atoms with Crippen molar-refractivity contribution in [3.8, 4) is 0 Å². The van der Waals surface area contributed by atoms with E-state index in [0.29, 0.717) is 12.0 Å². The maximum atomic E-state index is 4.80. The van der Waals surface area contributed by atoms with Gasteiger partial charge >= 0.3 is 0 Å². The molecule has 0 aliphatic carbocycles. The van der Waals surface area contributed by atoms with Gasteiger partial charge in [-0.2, -0.15) is 0 Å². The van der Waals surface area contributed by atoms with Gasteiger partial charge in [0.2, 0.25) is 0 Å². The van der Waals surface area contributed by atoms with Crippen LogP contribution in [-0.4, -0.2) is 43.2 Å². The number of hydrogen-bond acceptors (Lipinski definition) is 3. The number of nitrogens with one attached hydrogen (secondary N) is 2. The Morgan fingerprint density at radius 2 is 1.92 bits per heavy atom. The lowest BCUT2D eigenvalue weighted by molar-refractivity contribution is 0.456. The molecule has 1 aliphatic heterocycles. The van der Waals surface area contributed by atoms with Crippen LogP contribution in [0.5, 0.6) is 0 Å². The van der Waals surface area contributed by atoms with E-state index in [1.165, 1.54) is 18.4 Å². The van der Waals surface area contributed by atoms with Gasteiger partial charge in [0.1, 0.15) is 5.82 Å². The standard InChI is InChI=1S/C20H35N5.HI/c1-5-17(6-2)15-23-20(21-7-3)24-18-10-12-25(13-11-18)19-9-8-16(4)14-22-19;/h8-9,14,17-18H,5-7,10-13,15H2,1-4H3,(H2,21,23,24);1H. The Bertz CT molecular complexity index is 520. The van der Waals surface area contributed by atoms with Crippen LogP contribution in [-0.2, 0) is 0 Å². The number of rotatable bonds is 7. The molecule has 1 aromatic rings. The summed E-state index contributed by atoms with van der Waals surface area (Å²) in [6.45, 7) is 12.6. The van der Waals surface area contributed by atoms with Crippen molar-refractivity contribution in [2.45, 2.75) is 59.4 Å². The van der Waals surface area contributed by atoms with Crippen molar-refractivity contribution < 1.29 is 0 Å². The normalized spacial score (nSPS) is 15.7. The molecule has 2 rings (SSSR count). The second-order valence-electron chi connectivity index (χ2n) is 7.00. The topological polar surface area (TPSA) is 52.6 Å². The van der Waals surface area contributed by atoms with Crippen LogP contribution in [0.25, 0.3) is 0 Å². The lowest BCUT2D eigenvalue weighted by atomic mass is 10.0. The van der Waals surface area contributed by atoms with Crippen LogP contribution in [0.1, 0.15) is 52.0 Å². The van der Waals surface area contributed by atoms with E-state index < -0.39 is 0 Å². The summed E-state index contributed by atoms with van der Waals surface area (Å²) in [5.41, 5.74) is 1.21. The molecule has 2 N–H and O–H groups in total. The molecular weight excluding hydrogens is 437 g/mol. The summed E-state index contributed by atoms with van der Waals surface area (Å²) in [5.74, 6) is 2.75. The molecule has 1 aliphatic rings. The first kappa shape index (κ1) is 23.0. The number of hydrogen-bond donors (Lipinski definition) is 2. The van der Waals surface area contributed by atoms with E-state index in [0.717, 1.165) is 50.8 Å². The largest absolute Gasteiger partial charge is 0.357 e. The van der Waals surface area contributed by atoms with Crippen molar-refractivity contribution in [3.63, 3.8) is 0 Å². The van der Waals surface area contributed by atoms with Crippen molar-refractivity contribution in [2.24, 2.45) is 10.9 Å². The Kier molecular flexibility index (Phi) is 10.9.